The lowest BCUT2D eigenvalue weighted by atomic mass is 10.2. The third kappa shape index (κ3) is 7.76. The zero-order valence-electron chi connectivity index (χ0n) is 9.01. The highest BCUT2D eigenvalue weighted by Gasteiger charge is 2.03. The largest absolute Gasteiger partial charge is 0.315 e. The van der Waals surface area contributed by atoms with Crippen LogP contribution >= 0.6 is 0 Å². The third-order valence-corrected chi connectivity index (χ3v) is 1.90. The van der Waals surface area contributed by atoms with Crippen LogP contribution in [0, 0.1) is 17.2 Å². The Morgan fingerprint density at radius 3 is 2.69 bits per heavy atom. The molecule has 0 amide bonds. The number of rotatable bonds is 7. The lowest BCUT2D eigenvalue weighted by molar-refractivity contribution is 0.309. The fourth-order valence-corrected chi connectivity index (χ4v) is 1.17. The van der Waals surface area contributed by atoms with Gasteiger partial charge in [-0.15, -0.1) is 0 Å². The normalized spacial score (nSPS) is 12.8. The topological polar surface area (TPSA) is 39.1 Å². The van der Waals surface area contributed by atoms with Gasteiger partial charge in [-0.3, -0.25) is 0 Å². The lowest BCUT2D eigenvalue weighted by Gasteiger charge is -2.17. The maximum Gasteiger partial charge on any atom is 0.0666 e. The van der Waals surface area contributed by atoms with Gasteiger partial charge in [0, 0.05) is 19.6 Å². The molecule has 0 aromatic rings. The van der Waals surface area contributed by atoms with E-state index in [1.54, 1.807) is 0 Å². The Labute approximate surface area is 81.7 Å². The van der Waals surface area contributed by atoms with E-state index in [0.29, 0.717) is 0 Å². The van der Waals surface area contributed by atoms with Crippen molar-refractivity contribution in [1.29, 1.82) is 5.26 Å². The molecule has 0 bridgehead atoms. The van der Waals surface area contributed by atoms with Crippen LogP contribution in [0.2, 0.25) is 0 Å². The predicted octanol–water partition coefficient (Wildman–Crippen LogP) is 1.08. The third-order valence-electron chi connectivity index (χ3n) is 1.90. The van der Waals surface area contributed by atoms with Crippen LogP contribution in [0.25, 0.3) is 0 Å². The van der Waals surface area contributed by atoms with Crippen molar-refractivity contribution < 1.29 is 0 Å². The zero-order valence-corrected chi connectivity index (χ0v) is 9.01. The van der Waals surface area contributed by atoms with Gasteiger partial charge in [-0.1, -0.05) is 6.92 Å². The number of nitriles is 1. The van der Waals surface area contributed by atoms with E-state index in [2.05, 4.69) is 30.3 Å². The summed E-state index contributed by atoms with van der Waals surface area (Å²) in [6.07, 6.45) is 1.18. The fourth-order valence-electron chi connectivity index (χ4n) is 1.17. The number of hydrogen-bond acceptors (Lipinski definition) is 3. The summed E-state index contributed by atoms with van der Waals surface area (Å²) < 4.78 is 0. The molecule has 3 heteroatoms. The molecule has 1 N–H and O–H groups in total. The van der Waals surface area contributed by atoms with E-state index in [1.165, 1.54) is 6.42 Å². The van der Waals surface area contributed by atoms with Crippen molar-refractivity contribution in [2.24, 2.45) is 5.92 Å². The molecule has 0 aliphatic carbocycles. The van der Waals surface area contributed by atoms with Crippen LogP contribution in [0.4, 0.5) is 0 Å². The molecule has 0 fully saturated rings. The lowest BCUT2D eigenvalue weighted by Crippen LogP contribution is -2.32. The van der Waals surface area contributed by atoms with Crippen LogP contribution in [-0.2, 0) is 0 Å². The van der Waals surface area contributed by atoms with Crippen molar-refractivity contribution in [2.75, 3.05) is 33.2 Å². The highest BCUT2D eigenvalue weighted by Crippen LogP contribution is 1.94. The minimum atomic E-state index is 0.135. The van der Waals surface area contributed by atoms with Crippen LogP contribution in [0.5, 0.6) is 0 Å². The van der Waals surface area contributed by atoms with Crippen molar-refractivity contribution in [3.63, 3.8) is 0 Å². The summed E-state index contributed by atoms with van der Waals surface area (Å²) in [7, 11) is 2.06. The van der Waals surface area contributed by atoms with Crippen LogP contribution in [-0.4, -0.2) is 38.1 Å². The number of nitrogens with one attached hydrogen (secondary N) is 1. The number of nitrogens with zero attached hydrogens (tertiary/aromatic N) is 2. The Hall–Kier alpha value is -0.590. The van der Waals surface area contributed by atoms with Crippen molar-refractivity contribution in [3.05, 3.63) is 0 Å². The number of hydrogen-bond donors (Lipinski definition) is 1. The smallest absolute Gasteiger partial charge is 0.0666 e. The van der Waals surface area contributed by atoms with E-state index in [-0.39, 0.29) is 5.92 Å². The summed E-state index contributed by atoms with van der Waals surface area (Å²) in [5, 5.41) is 11.9. The minimum absolute atomic E-state index is 0.135. The minimum Gasteiger partial charge on any atom is -0.315 e. The van der Waals surface area contributed by atoms with Gasteiger partial charge in [-0.2, -0.15) is 5.26 Å². The Bertz CT molecular complexity index is 151. The molecular weight excluding hydrogens is 162 g/mol. The zero-order chi connectivity index (χ0) is 10.1. The van der Waals surface area contributed by atoms with E-state index in [0.717, 1.165) is 26.2 Å². The van der Waals surface area contributed by atoms with Gasteiger partial charge in [0.05, 0.1) is 12.0 Å². The summed E-state index contributed by atoms with van der Waals surface area (Å²) in [5.41, 5.74) is 0. The van der Waals surface area contributed by atoms with Crippen molar-refractivity contribution >= 4 is 0 Å². The molecular formula is C10H21N3. The summed E-state index contributed by atoms with van der Waals surface area (Å²) in [6, 6.07) is 2.24. The van der Waals surface area contributed by atoms with Gasteiger partial charge >= 0.3 is 0 Å². The van der Waals surface area contributed by atoms with Crippen LogP contribution < -0.4 is 5.32 Å². The highest BCUT2D eigenvalue weighted by atomic mass is 15.1. The fraction of sp³-hybridized carbons (Fsp3) is 0.900. The molecule has 0 aliphatic rings. The van der Waals surface area contributed by atoms with Gasteiger partial charge in [0.2, 0.25) is 0 Å². The predicted molar refractivity (Wildman–Crippen MR) is 55.4 cm³/mol. The Morgan fingerprint density at radius 1 is 1.46 bits per heavy atom. The van der Waals surface area contributed by atoms with Crippen LogP contribution in [0.1, 0.15) is 20.3 Å². The first kappa shape index (κ1) is 12.4. The van der Waals surface area contributed by atoms with E-state index in [9.17, 15) is 0 Å². The van der Waals surface area contributed by atoms with Gasteiger partial charge in [-0.05, 0) is 26.9 Å². The first-order valence-electron chi connectivity index (χ1n) is 4.99. The van der Waals surface area contributed by atoms with Gasteiger partial charge in [0.15, 0.2) is 0 Å². The molecule has 0 saturated carbocycles. The van der Waals surface area contributed by atoms with Gasteiger partial charge in [-0.25, -0.2) is 0 Å². The molecule has 1 unspecified atom stereocenters. The van der Waals surface area contributed by atoms with Crippen molar-refractivity contribution in [1.82, 2.24) is 10.2 Å². The Kier molecular flexibility index (Phi) is 7.66. The highest BCUT2D eigenvalue weighted by molar-refractivity contribution is 4.80. The summed E-state index contributed by atoms with van der Waals surface area (Å²) in [5.74, 6) is 0.135. The first-order chi connectivity index (χ1) is 6.20. The molecule has 0 aromatic heterocycles. The van der Waals surface area contributed by atoms with Crippen molar-refractivity contribution in [2.45, 2.75) is 20.3 Å². The second-order valence-corrected chi connectivity index (χ2v) is 3.54. The number of likely N-dealkylation sites (N-methyl/N-ethyl adjacent to an activating group) is 1. The summed E-state index contributed by atoms with van der Waals surface area (Å²) in [6.45, 7) is 8.10. The molecule has 0 saturated heterocycles. The van der Waals surface area contributed by atoms with Crippen molar-refractivity contribution in [3.8, 4) is 6.07 Å². The Balaban J connectivity index is 3.30. The molecule has 0 spiro atoms. The maximum absolute atomic E-state index is 8.60. The van der Waals surface area contributed by atoms with Gasteiger partial charge < -0.3 is 10.2 Å². The maximum atomic E-state index is 8.60. The average molecular weight is 183 g/mol. The van der Waals surface area contributed by atoms with E-state index in [4.69, 9.17) is 5.26 Å². The summed E-state index contributed by atoms with van der Waals surface area (Å²) >= 11 is 0. The monoisotopic (exact) mass is 183 g/mol. The quantitative estimate of drug-likeness (QED) is 0.600. The van der Waals surface area contributed by atoms with Crippen LogP contribution in [0.3, 0.4) is 0 Å². The molecule has 0 aliphatic heterocycles. The van der Waals surface area contributed by atoms with E-state index in [1.807, 2.05) is 6.92 Å². The molecule has 0 radical (unpaired) electrons. The SMILES string of the molecule is CCCNCCN(C)CC(C)C#N. The van der Waals surface area contributed by atoms with Crippen LogP contribution in [0.15, 0.2) is 0 Å². The standard InChI is InChI=1S/C10H21N3/c1-4-5-12-6-7-13(3)9-10(2)8-11/h10,12H,4-7,9H2,1-3H3. The molecule has 0 rings (SSSR count). The second-order valence-electron chi connectivity index (χ2n) is 3.54. The second kappa shape index (κ2) is 8.03. The molecule has 3 nitrogen and oxygen atoms in total. The Morgan fingerprint density at radius 2 is 2.15 bits per heavy atom. The van der Waals surface area contributed by atoms with E-state index < -0.39 is 0 Å². The van der Waals surface area contributed by atoms with E-state index >= 15 is 0 Å². The molecule has 1 atom stereocenters. The molecule has 0 heterocycles. The average Bonchev–Trinajstić information content (AvgIpc) is 2.12. The first-order valence-corrected chi connectivity index (χ1v) is 4.99. The molecule has 76 valence electrons. The van der Waals surface area contributed by atoms with Gasteiger partial charge in [0.25, 0.3) is 0 Å². The summed E-state index contributed by atoms with van der Waals surface area (Å²) in [4.78, 5) is 2.19. The van der Waals surface area contributed by atoms with Gasteiger partial charge in [0.1, 0.15) is 0 Å². The molecule has 0 aromatic carbocycles. The molecule has 13 heavy (non-hydrogen) atoms.